The molecule has 2 heteroatoms. The molecule has 0 spiro atoms. The van der Waals surface area contributed by atoms with E-state index in [1.54, 1.807) is 6.20 Å². The minimum absolute atomic E-state index is 1.03. The summed E-state index contributed by atoms with van der Waals surface area (Å²) < 4.78 is 0. The van der Waals surface area contributed by atoms with Gasteiger partial charge in [-0.15, -0.1) is 0 Å². The SMILES string of the molecule is CCC.Cc1cc(-c2cccnc2)ccn1. The zero-order valence-electron chi connectivity index (χ0n) is 10.1. The number of hydrogen-bond donors (Lipinski definition) is 0. The highest BCUT2D eigenvalue weighted by Gasteiger charge is 1.96. The van der Waals surface area contributed by atoms with E-state index < -0.39 is 0 Å². The van der Waals surface area contributed by atoms with Crippen LogP contribution >= 0.6 is 0 Å². The number of hydrogen-bond acceptors (Lipinski definition) is 2. The largest absolute Gasteiger partial charge is 0.264 e. The Morgan fingerprint density at radius 2 is 1.81 bits per heavy atom. The van der Waals surface area contributed by atoms with E-state index in [2.05, 4.69) is 29.9 Å². The number of aryl methyl sites for hydroxylation is 1. The van der Waals surface area contributed by atoms with E-state index >= 15 is 0 Å². The van der Waals surface area contributed by atoms with Crippen molar-refractivity contribution in [1.29, 1.82) is 0 Å². The van der Waals surface area contributed by atoms with Crippen LogP contribution in [0, 0.1) is 6.92 Å². The maximum atomic E-state index is 4.14. The lowest BCUT2D eigenvalue weighted by Crippen LogP contribution is -1.83. The van der Waals surface area contributed by atoms with Crippen LogP contribution in [0.3, 0.4) is 0 Å². The molecular weight excluding hydrogens is 196 g/mol. The topological polar surface area (TPSA) is 25.8 Å². The molecule has 0 amide bonds. The predicted octanol–water partition coefficient (Wildman–Crippen LogP) is 3.87. The molecule has 2 aromatic heterocycles. The van der Waals surface area contributed by atoms with Gasteiger partial charge in [0.25, 0.3) is 0 Å². The molecule has 0 bridgehead atoms. The molecule has 0 radical (unpaired) electrons. The molecule has 0 saturated heterocycles. The maximum absolute atomic E-state index is 4.14. The Bertz CT molecular complexity index is 410. The highest BCUT2D eigenvalue weighted by atomic mass is 14.7. The fraction of sp³-hybridized carbons (Fsp3) is 0.286. The number of nitrogens with zero attached hydrogens (tertiary/aromatic N) is 2. The van der Waals surface area contributed by atoms with Crippen molar-refractivity contribution in [2.45, 2.75) is 27.2 Å². The van der Waals surface area contributed by atoms with Crippen LogP contribution in [0.5, 0.6) is 0 Å². The van der Waals surface area contributed by atoms with E-state index in [9.17, 15) is 0 Å². The third-order valence-corrected chi connectivity index (χ3v) is 1.89. The van der Waals surface area contributed by atoms with Crippen LogP contribution in [0.1, 0.15) is 26.0 Å². The quantitative estimate of drug-likeness (QED) is 0.720. The molecule has 2 rings (SSSR count). The highest BCUT2D eigenvalue weighted by molar-refractivity contribution is 5.61. The first-order chi connectivity index (χ1) is 7.77. The van der Waals surface area contributed by atoms with Gasteiger partial charge in [0.05, 0.1) is 0 Å². The highest BCUT2D eigenvalue weighted by Crippen LogP contribution is 2.17. The summed E-state index contributed by atoms with van der Waals surface area (Å²) in [7, 11) is 0. The molecule has 0 fully saturated rings. The van der Waals surface area contributed by atoms with Crippen molar-refractivity contribution >= 4 is 0 Å². The first kappa shape index (κ1) is 12.4. The molecule has 2 aromatic rings. The van der Waals surface area contributed by atoms with E-state index in [0.717, 1.165) is 11.3 Å². The van der Waals surface area contributed by atoms with Gasteiger partial charge in [0.1, 0.15) is 0 Å². The number of pyridine rings is 2. The molecule has 2 nitrogen and oxygen atoms in total. The lowest BCUT2D eigenvalue weighted by Gasteiger charge is -2.00. The van der Waals surface area contributed by atoms with E-state index in [4.69, 9.17) is 0 Å². The molecule has 0 N–H and O–H groups in total. The third kappa shape index (κ3) is 3.81. The first-order valence-corrected chi connectivity index (χ1v) is 5.61. The lowest BCUT2D eigenvalue weighted by molar-refractivity contribution is 1.09. The average molecular weight is 214 g/mol. The molecule has 0 aromatic carbocycles. The van der Waals surface area contributed by atoms with Gasteiger partial charge >= 0.3 is 0 Å². The molecule has 0 atom stereocenters. The first-order valence-electron chi connectivity index (χ1n) is 5.61. The Labute approximate surface area is 97.4 Å². The normalized spacial score (nSPS) is 9.19. The summed E-state index contributed by atoms with van der Waals surface area (Å²) in [5.41, 5.74) is 3.33. The van der Waals surface area contributed by atoms with Gasteiger partial charge in [-0.05, 0) is 30.7 Å². The second kappa shape index (κ2) is 6.72. The molecule has 16 heavy (non-hydrogen) atoms. The summed E-state index contributed by atoms with van der Waals surface area (Å²) in [6.07, 6.45) is 6.70. The Kier molecular flexibility index (Phi) is 5.20. The summed E-state index contributed by atoms with van der Waals surface area (Å²) in [6, 6.07) is 8.02. The minimum atomic E-state index is 1.03. The molecule has 0 aliphatic rings. The van der Waals surface area contributed by atoms with Crippen molar-refractivity contribution in [2.75, 3.05) is 0 Å². The summed E-state index contributed by atoms with van der Waals surface area (Å²) in [5, 5.41) is 0. The van der Waals surface area contributed by atoms with Crippen LogP contribution in [0.4, 0.5) is 0 Å². The summed E-state index contributed by atoms with van der Waals surface area (Å²) in [6.45, 7) is 6.24. The van der Waals surface area contributed by atoms with Crippen molar-refractivity contribution in [3.63, 3.8) is 0 Å². The van der Waals surface area contributed by atoms with Crippen molar-refractivity contribution in [1.82, 2.24) is 9.97 Å². The number of rotatable bonds is 1. The van der Waals surface area contributed by atoms with Gasteiger partial charge in [-0.1, -0.05) is 26.3 Å². The zero-order chi connectivity index (χ0) is 11.8. The van der Waals surface area contributed by atoms with Crippen molar-refractivity contribution in [3.05, 3.63) is 48.5 Å². The zero-order valence-corrected chi connectivity index (χ0v) is 10.1. The third-order valence-electron chi connectivity index (χ3n) is 1.89. The van der Waals surface area contributed by atoms with Gasteiger partial charge in [-0.3, -0.25) is 9.97 Å². The van der Waals surface area contributed by atoms with E-state index in [1.807, 2.05) is 37.5 Å². The second-order valence-electron chi connectivity index (χ2n) is 3.63. The molecule has 0 aliphatic carbocycles. The van der Waals surface area contributed by atoms with Crippen molar-refractivity contribution < 1.29 is 0 Å². The van der Waals surface area contributed by atoms with Crippen LogP contribution in [-0.4, -0.2) is 9.97 Å². The van der Waals surface area contributed by atoms with E-state index in [1.165, 1.54) is 12.0 Å². The molecular formula is C14H18N2. The van der Waals surface area contributed by atoms with E-state index in [-0.39, 0.29) is 0 Å². The fourth-order valence-electron chi connectivity index (χ4n) is 1.26. The molecule has 84 valence electrons. The molecule has 2 heterocycles. The second-order valence-corrected chi connectivity index (χ2v) is 3.63. The maximum Gasteiger partial charge on any atom is 0.0378 e. The van der Waals surface area contributed by atoms with Crippen LogP contribution in [0.15, 0.2) is 42.9 Å². The van der Waals surface area contributed by atoms with Gasteiger partial charge < -0.3 is 0 Å². The van der Waals surface area contributed by atoms with Gasteiger partial charge in [-0.25, -0.2) is 0 Å². The van der Waals surface area contributed by atoms with Crippen molar-refractivity contribution in [2.24, 2.45) is 0 Å². The Morgan fingerprint density at radius 1 is 1.06 bits per heavy atom. The minimum Gasteiger partial charge on any atom is -0.264 e. The molecule has 0 unspecified atom stereocenters. The summed E-state index contributed by atoms with van der Waals surface area (Å²) in [4.78, 5) is 8.22. The van der Waals surface area contributed by atoms with Crippen LogP contribution in [0.2, 0.25) is 0 Å². The van der Waals surface area contributed by atoms with E-state index in [0.29, 0.717) is 0 Å². The smallest absolute Gasteiger partial charge is 0.0378 e. The molecule has 0 aliphatic heterocycles. The Morgan fingerprint density at radius 3 is 2.38 bits per heavy atom. The summed E-state index contributed by atoms with van der Waals surface area (Å²) >= 11 is 0. The van der Waals surface area contributed by atoms with Gasteiger partial charge in [0.2, 0.25) is 0 Å². The summed E-state index contributed by atoms with van der Waals surface area (Å²) in [5.74, 6) is 0. The predicted molar refractivity (Wildman–Crippen MR) is 68.2 cm³/mol. The van der Waals surface area contributed by atoms with Gasteiger partial charge in [-0.2, -0.15) is 0 Å². The fourth-order valence-corrected chi connectivity index (χ4v) is 1.26. The Hall–Kier alpha value is -1.70. The van der Waals surface area contributed by atoms with Crippen molar-refractivity contribution in [3.8, 4) is 11.1 Å². The Balaban J connectivity index is 0.000000386. The van der Waals surface area contributed by atoms with Crippen LogP contribution in [0.25, 0.3) is 11.1 Å². The molecule has 0 saturated carbocycles. The lowest BCUT2D eigenvalue weighted by atomic mass is 10.1. The van der Waals surface area contributed by atoms with Crippen LogP contribution in [-0.2, 0) is 0 Å². The van der Waals surface area contributed by atoms with Gasteiger partial charge in [0, 0.05) is 29.8 Å². The standard InChI is InChI=1S/C11H10N2.C3H8/c1-9-7-10(4-6-13-9)11-3-2-5-12-8-11;1-3-2/h2-8H,1H3;3H2,1-2H3. The van der Waals surface area contributed by atoms with Crippen LogP contribution < -0.4 is 0 Å². The average Bonchev–Trinajstić information content (AvgIpc) is 2.31. The van der Waals surface area contributed by atoms with Gasteiger partial charge in [0.15, 0.2) is 0 Å². The number of aromatic nitrogens is 2. The monoisotopic (exact) mass is 214 g/mol.